The van der Waals surface area contributed by atoms with Crippen LogP contribution in [0.15, 0.2) is 24.3 Å². The van der Waals surface area contributed by atoms with Gasteiger partial charge in [-0.15, -0.1) is 0 Å². The van der Waals surface area contributed by atoms with Crippen LogP contribution in [0.25, 0.3) is 0 Å². The van der Waals surface area contributed by atoms with E-state index >= 15 is 0 Å². The van der Waals surface area contributed by atoms with E-state index in [-0.39, 0.29) is 18.7 Å². The van der Waals surface area contributed by atoms with Gasteiger partial charge in [0.2, 0.25) is 0 Å². The minimum atomic E-state index is -4.23. The second kappa shape index (κ2) is 7.33. The fourth-order valence-corrected chi connectivity index (χ4v) is 2.97. The molecule has 1 N–H and O–H groups in total. The number of aliphatic hydroxyl groups is 1. The molecule has 1 fully saturated rings. The molecule has 1 aromatic rings. The first-order valence-corrected chi connectivity index (χ1v) is 7.49. The van der Waals surface area contributed by atoms with Crippen LogP contribution in [0.1, 0.15) is 31.2 Å². The third-order valence-corrected chi connectivity index (χ3v) is 4.08. The molecule has 0 amide bonds. The van der Waals surface area contributed by atoms with Crippen molar-refractivity contribution in [1.82, 2.24) is 4.90 Å². The highest BCUT2D eigenvalue weighted by Crippen LogP contribution is 2.28. The summed E-state index contributed by atoms with van der Waals surface area (Å²) < 4.78 is 43.7. The Labute approximate surface area is 128 Å². The number of hydrogen-bond donors (Lipinski definition) is 1. The molecule has 1 aliphatic carbocycles. The summed E-state index contributed by atoms with van der Waals surface area (Å²) in [5.41, 5.74) is 0.801. The lowest BCUT2D eigenvalue weighted by Crippen LogP contribution is -2.43. The smallest absolute Gasteiger partial charge is 0.401 e. The SMILES string of the molecule is COc1cccc(CN(CC(F)(F)F)C2CCC(O)CC2)c1. The molecule has 3 nitrogen and oxygen atoms in total. The normalized spacial score (nSPS) is 22.8. The van der Waals surface area contributed by atoms with Crippen LogP contribution in [0.4, 0.5) is 13.2 Å². The predicted octanol–water partition coefficient (Wildman–Crippen LogP) is 3.36. The largest absolute Gasteiger partial charge is 0.497 e. The third-order valence-electron chi connectivity index (χ3n) is 4.08. The van der Waals surface area contributed by atoms with E-state index in [4.69, 9.17) is 4.74 Å². The number of ether oxygens (including phenoxy) is 1. The van der Waals surface area contributed by atoms with Crippen LogP contribution >= 0.6 is 0 Å². The zero-order chi connectivity index (χ0) is 16.2. The van der Waals surface area contributed by atoms with Crippen molar-refractivity contribution < 1.29 is 23.0 Å². The first-order chi connectivity index (χ1) is 10.4. The summed E-state index contributed by atoms with van der Waals surface area (Å²) >= 11 is 0. The minimum absolute atomic E-state index is 0.142. The number of nitrogens with zero attached hydrogens (tertiary/aromatic N) is 1. The lowest BCUT2D eigenvalue weighted by molar-refractivity contribution is -0.154. The van der Waals surface area contributed by atoms with Crippen LogP contribution < -0.4 is 4.74 Å². The number of halogens is 3. The third kappa shape index (κ3) is 5.18. The first-order valence-electron chi connectivity index (χ1n) is 7.49. The molecule has 2 rings (SSSR count). The molecule has 0 spiro atoms. The Hall–Kier alpha value is -1.27. The van der Waals surface area contributed by atoms with Gasteiger partial charge < -0.3 is 9.84 Å². The standard InChI is InChI=1S/C16H22F3NO2/c1-22-15-4-2-3-12(9-15)10-20(11-16(17,18)19)13-5-7-14(21)8-6-13/h2-4,9,13-14,21H,5-8,10-11H2,1H3. The van der Waals surface area contributed by atoms with Crippen molar-refractivity contribution in [2.24, 2.45) is 0 Å². The van der Waals surface area contributed by atoms with Gasteiger partial charge in [-0.25, -0.2) is 0 Å². The van der Waals surface area contributed by atoms with Crippen LogP contribution in [0, 0.1) is 0 Å². The number of rotatable bonds is 5. The van der Waals surface area contributed by atoms with E-state index < -0.39 is 12.7 Å². The zero-order valence-electron chi connectivity index (χ0n) is 12.6. The van der Waals surface area contributed by atoms with Crippen molar-refractivity contribution in [2.75, 3.05) is 13.7 Å². The highest BCUT2D eigenvalue weighted by atomic mass is 19.4. The van der Waals surface area contributed by atoms with E-state index in [1.807, 2.05) is 6.07 Å². The average Bonchev–Trinajstić information content (AvgIpc) is 2.46. The molecular formula is C16H22F3NO2. The van der Waals surface area contributed by atoms with E-state index in [0.29, 0.717) is 31.4 Å². The molecule has 0 radical (unpaired) electrons. The second-order valence-corrected chi connectivity index (χ2v) is 5.83. The fraction of sp³-hybridized carbons (Fsp3) is 0.625. The maximum absolute atomic E-state index is 12.9. The average molecular weight is 317 g/mol. The molecule has 124 valence electrons. The highest BCUT2D eigenvalue weighted by molar-refractivity contribution is 5.28. The van der Waals surface area contributed by atoms with E-state index in [1.54, 1.807) is 18.2 Å². The Balaban J connectivity index is 2.09. The summed E-state index contributed by atoms with van der Waals surface area (Å²) in [5.74, 6) is 0.642. The molecular weight excluding hydrogens is 295 g/mol. The Bertz CT molecular complexity index is 471. The number of benzene rings is 1. The van der Waals surface area contributed by atoms with Gasteiger partial charge in [-0.05, 0) is 43.4 Å². The first kappa shape index (κ1) is 17.1. The van der Waals surface area contributed by atoms with Crippen molar-refractivity contribution in [3.8, 4) is 5.75 Å². The Morgan fingerprint density at radius 3 is 2.50 bits per heavy atom. The molecule has 1 aromatic carbocycles. The Morgan fingerprint density at radius 2 is 1.91 bits per heavy atom. The summed E-state index contributed by atoms with van der Waals surface area (Å²) in [6.07, 6.45) is -2.27. The van der Waals surface area contributed by atoms with Crippen molar-refractivity contribution in [1.29, 1.82) is 0 Å². The predicted molar refractivity (Wildman–Crippen MR) is 77.7 cm³/mol. The molecule has 0 saturated heterocycles. The molecule has 1 saturated carbocycles. The van der Waals surface area contributed by atoms with Crippen LogP contribution in [0.5, 0.6) is 5.75 Å². The van der Waals surface area contributed by atoms with E-state index in [1.165, 1.54) is 12.0 Å². The Kier molecular flexibility index (Phi) is 5.69. The summed E-state index contributed by atoms with van der Waals surface area (Å²) in [4.78, 5) is 1.47. The zero-order valence-corrected chi connectivity index (χ0v) is 12.6. The van der Waals surface area contributed by atoms with Crippen LogP contribution in [0.2, 0.25) is 0 Å². The summed E-state index contributed by atoms with van der Waals surface area (Å²) in [5, 5.41) is 9.54. The molecule has 1 aliphatic rings. The monoisotopic (exact) mass is 317 g/mol. The number of alkyl halides is 3. The van der Waals surface area contributed by atoms with Gasteiger partial charge in [-0.1, -0.05) is 12.1 Å². The van der Waals surface area contributed by atoms with Crippen LogP contribution in [-0.2, 0) is 6.54 Å². The number of aliphatic hydroxyl groups excluding tert-OH is 1. The number of hydrogen-bond acceptors (Lipinski definition) is 3. The van der Waals surface area contributed by atoms with Crippen molar-refractivity contribution in [2.45, 2.75) is 50.6 Å². The Morgan fingerprint density at radius 1 is 1.23 bits per heavy atom. The molecule has 0 heterocycles. The van der Waals surface area contributed by atoms with Crippen molar-refractivity contribution in [3.05, 3.63) is 29.8 Å². The summed E-state index contributed by atoms with van der Waals surface area (Å²) in [6.45, 7) is -0.692. The molecule has 0 aromatic heterocycles. The van der Waals surface area contributed by atoms with Crippen LogP contribution in [0.3, 0.4) is 0 Å². The maximum atomic E-state index is 12.9. The lowest BCUT2D eigenvalue weighted by Gasteiger charge is -2.36. The van der Waals surface area contributed by atoms with Gasteiger partial charge in [-0.3, -0.25) is 4.90 Å². The summed E-state index contributed by atoms with van der Waals surface area (Å²) in [7, 11) is 1.54. The molecule has 0 bridgehead atoms. The van der Waals surface area contributed by atoms with Crippen LogP contribution in [-0.4, -0.2) is 42.0 Å². The molecule has 22 heavy (non-hydrogen) atoms. The van der Waals surface area contributed by atoms with E-state index in [9.17, 15) is 18.3 Å². The van der Waals surface area contributed by atoms with Gasteiger partial charge >= 0.3 is 6.18 Å². The number of methoxy groups -OCH3 is 1. The molecule has 6 heteroatoms. The van der Waals surface area contributed by atoms with Gasteiger partial charge in [-0.2, -0.15) is 13.2 Å². The maximum Gasteiger partial charge on any atom is 0.401 e. The van der Waals surface area contributed by atoms with Gasteiger partial charge in [0.25, 0.3) is 0 Å². The topological polar surface area (TPSA) is 32.7 Å². The quantitative estimate of drug-likeness (QED) is 0.904. The molecule has 0 aliphatic heterocycles. The molecule has 0 atom stereocenters. The van der Waals surface area contributed by atoms with E-state index in [2.05, 4.69) is 0 Å². The van der Waals surface area contributed by atoms with Crippen molar-refractivity contribution in [3.63, 3.8) is 0 Å². The van der Waals surface area contributed by atoms with Crippen molar-refractivity contribution >= 4 is 0 Å². The molecule has 0 unspecified atom stereocenters. The van der Waals surface area contributed by atoms with Gasteiger partial charge in [0, 0.05) is 12.6 Å². The minimum Gasteiger partial charge on any atom is -0.497 e. The van der Waals surface area contributed by atoms with E-state index in [0.717, 1.165) is 5.56 Å². The fourth-order valence-electron chi connectivity index (χ4n) is 2.97. The van der Waals surface area contributed by atoms with Gasteiger partial charge in [0.1, 0.15) is 5.75 Å². The van der Waals surface area contributed by atoms with Gasteiger partial charge in [0.15, 0.2) is 0 Å². The second-order valence-electron chi connectivity index (χ2n) is 5.83. The lowest BCUT2D eigenvalue weighted by atomic mass is 9.91. The van der Waals surface area contributed by atoms with Gasteiger partial charge in [0.05, 0.1) is 19.8 Å². The highest BCUT2D eigenvalue weighted by Gasteiger charge is 2.35. The summed E-state index contributed by atoms with van der Waals surface area (Å²) in [6, 6.07) is 6.99.